The lowest BCUT2D eigenvalue weighted by atomic mass is 10.1. The largest absolute Gasteiger partial charge is 0.376 e. The van der Waals surface area contributed by atoms with Gasteiger partial charge in [-0.25, -0.2) is 0 Å². The van der Waals surface area contributed by atoms with Crippen molar-refractivity contribution < 1.29 is 9.59 Å². The molecule has 2 aromatic carbocycles. The van der Waals surface area contributed by atoms with Crippen molar-refractivity contribution in [2.45, 2.75) is 19.4 Å². The van der Waals surface area contributed by atoms with Gasteiger partial charge in [-0.1, -0.05) is 36.4 Å². The van der Waals surface area contributed by atoms with Crippen molar-refractivity contribution in [2.24, 2.45) is 0 Å². The monoisotopic (exact) mass is 337 g/mol. The van der Waals surface area contributed by atoms with Gasteiger partial charge in [0, 0.05) is 30.9 Å². The smallest absolute Gasteiger partial charge is 0.253 e. The highest BCUT2D eigenvalue weighted by Crippen LogP contribution is 2.16. The van der Waals surface area contributed by atoms with Gasteiger partial charge < -0.3 is 15.5 Å². The second kappa shape index (κ2) is 8.33. The van der Waals surface area contributed by atoms with E-state index in [1.54, 1.807) is 0 Å². The van der Waals surface area contributed by atoms with E-state index in [0.29, 0.717) is 12.1 Å². The van der Waals surface area contributed by atoms with Crippen LogP contribution in [0, 0.1) is 0 Å². The van der Waals surface area contributed by atoms with Crippen molar-refractivity contribution >= 4 is 17.5 Å². The Bertz CT molecular complexity index is 725. The summed E-state index contributed by atoms with van der Waals surface area (Å²) in [6, 6.07) is 17.1. The molecular weight excluding hydrogens is 314 g/mol. The molecule has 1 fully saturated rings. The minimum atomic E-state index is -0.0832. The third kappa shape index (κ3) is 4.83. The van der Waals surface area contributed by atoms with Crippen LogP contribution in [-0.2, 0) is 11.3 Å². The maximum Gasteiger partial charge on any atom is 0.253 e. The molecule has 2 aromatic rings. The first kappa shape index (κ1) is 17.0. The molecule has 25 heavy (non-hydrogen) atoms. The summed E-state index contributed by atoms with van der Waals surface area (Å²) < 4.78 is 0. The molecule has 1 aliphatic rings. The van der Waals surface area contributed by atoms with Crippen molar-refractivity contribution in [1.82, 2.24) is 10.2 Å². The first-order valence-electron chi connectivity index (χ1n) is 8.66. The van der Waals surface area contributed by atoms with E-state index in [-0.39, 0.29) is 18.4 Å². The summed E-state index contributed by atoms with van der Waals surface area (Å²) in [5.74, 6) is -0.0187. The Morgan fingerprint density at radius 1 is 0.960 bits per heavy atom. The predicted octanol–water partition coefficient (Wildman–Crippen LogP) is 2.65. The molecule has 0 aromatic heterocycles. The van der Waals surface area contributed by atoms with E-state index in [1.165, 1.54) is 0 Å². The summed E-state index contributed by atoms with van der Waals surface area (Å²) in [6.07, 6.45) is 2.15. The van der Waals surface area contributed by atoms with Crippen LogP contribution in [0.4, 0.5) is 5.69 Å². The molecule has 0 saturated carbocycles. The molecule has 5 heteroatoms. The highest BCUT2D eigenvalue weighted by atomic mass is 16.2. The molecule has 3 rings (SSSR count). The minimum absolute atomic E-state index is 0.0645. The third-order valence-corrected chi connectivity index (χ3v) is 4.29. The van der Waals surface area contributed by atoms with Crippen molar-refractivity contribution in [3.05, 3.63) is 65.7 Å². The summed E-state index contributed by atoms with van der Waals surface area (Å²) in [5.41, 5.74) is 2.51. The fraction of sp³-hybridized carbons (Fsp3) is 0.300. The van der Waals surface area contributed by atoms with E-state index < -0.39 is 0 Å². The van der Waals surface area contributed by atoms with E-state index in [2.05, 4.69) is 10.6 Å². The molecule has 2 N–H and O–H groups in total. The number of anilines is 1. The summed E-state index contributed by atoms with van der Waals surface area (Å²) in [5, 5.41) is 5.96. The van der Waals surface area contributed by atoms with Crippen LogP contribution in [0.5, 0.6) is 0 Å². The molecule has 0 radical (unpaired) electrons. The van der Waals surface area contributed by atoms with Crippen LogP contribution in [-0.4, -0.2) is 36.3 Å². The van der Waals surface area contributed by atoms with Gasteiger partial charge in [0.1, 0.15) is 0 Å². The lowest BCUT2D eigenvalue weighted by molar-refractivity contribution is -0.119. The van der Waals surface area contributed by atoms with Gasteiger partial charge in [0.15, 0.2) is 0 Å². The number of hydrogen-bond acceptors (Lipinski definition) is 3. The van der Waals surface area contributed by atoms with Gasteiger partial charge in [-0.15, -0.1) is 0 Å². The molecule has 1 heterocycles. The Morgan fingerprint density at radius 2 is 1.72 bits per heavy atom. The molecule has 0 bridgehead atoms. The van der Waals surface area contributed by atoms with Gasteiger partial charge >= 0.3 is 0 Å². The lowest BCUT2D eigenvalue weighted by Gasteiger charge is -2.16. The molecule has 1 aliphatic heterocycles. The number of likely N-dealkylation sites (tertiary alicyclic amines) is 1. The Morgan fingerprint density at radius 3 is 2.48 bits per heavy atom. The standard InChI is InChI=1S/C20H23N3O2/c24-19(22-14-16-7-2-1-3-8-16)15-21-18-10-6-9-17(13-18)20(25)23-11-4-5-12-23/h1-3,6-10,13,21H,4-5,11-12,14-15H2,(H,22,24). The van der Waals surface area contributed by atoms with Crippen LogP contribution in [0.1, 0.15) is 28.8 Å². The second-order valence-electron chi connectivity index (χ2n) is 6.20. The number of nitrogens with zero attached hydrogens (tertiary/aromatic N) is 1. The van der Waals surface area contributed by atoms with Crippen molar-refractivity contribution in [3.63, 3.8) is 0 Å². The minimum Gasteiger partial charge on any atom is -0.376 e. The van der Waals surface area contributed by atoms with Crippen LogP contribution in [0.15, 0.2) is 54.6 Å². The zero-order valence-corrected chi connectivity index (χ0v) is 14.2. The highest BCUT2D eigenvalue weighted by molar-refractivity contribution is 5.95. The number of carbonyl (C=O) groups is 2. The number of amides is 2. The van der Waals surface area contributed by atoms with Gasteiger partial charge in [0.05, 0.1) is 6.54 Å². The molecule has 2 amide bonds. The fourth-order valence-electron chi connectivity index (χ4n) is 2.91. The number of nitrogens with one attached hydrogen (secondary N) is 2. The van der Waals surface area contributed by atoms with Gasteiger partial charge in [-0.2, -0.15) is 0 Å². The van der Waals surface area contributed by atoms with Crippen molar-refractivity contribution in [2.75, 3.05) is 25.0 Å². The van der Waals surface area contributed by atoms with Gasteiger partial charge in [-0.05, 0) is 36.6 Å². The average Bonchev–Trinajstić information content (AvgIpc) is 3.20. The van der Waals surface area contributed by atoms with Crippen LogP contribution in [0.25, 0.3) is 0 Å². The summed E-state index contributed by atoms with van der Waals surface area (Å²) in [7, 11) is 0. The van der Waals surface area contributed by atoms with Crippen LogP contribution < -0.4 is 10.6 Å². The highest BCUT2D eigenvalue weighted by Gasteiger charge is 2.19. The molecule has 0 unspecified atom stereocenters. The van der Waals surface area contributed by atoms with Crippen molar-refractivity contribution in [1.29, 1.82) is 0 Å². The molecule has 5 nitrogen and oxygen atoms in total. The quantitative estimate of drug-likeness (QED) is 0.852. The van der Waals surface area contributed by atoms with Gasteiger partial charge in [-0.3, -0.25) is 9.59 Å². The molecular formula is C20H23N3O2. The maximum absolute atomic E-state index is 12.4. The van der Waals surface area contributed by atoms with Gasteiger partial charge in [0.2, 0.25) is 5.91 Å². The fourth-order valence-corrected chi connectivity index (χ4v) is 2.91. The average molecular weight is 337 g/mol. The summed E-state index contributed by atoms with van der Waals surface area (Å²) in [6.45, 7) is 2.35. The maximum atomic E-state index is 12.4. The van der Waals surface area contributed by atoms with E-state index in [4.69, 9.17) is 0 Å². The number of hydrogen-bond donors (Lipinski definition) is 2. The summed E-state index contributed by atoms with van der Waals surface area (Å²) >= 11 is 0. The van der Waals surface area contributed by atoms with Crippen LogP contribution in [0.3, 0.4) is 0 Å². The van der Waals surface area contributed by atoms with Gasteiger partial charge in [0.25, 0.3) is 5.91 Å². The Labute approximate surface area is 148 Å². The van der Waals surface area contributed by atoms with Crippen LogP contribution in [0.2, 0.25) is 0 Å². The summed E-state index contributed by atoms with van der Waals surface area (Å²) in [4.78, 5) is 26.3. The van der Waals surface area contributed by atoms with Crippen LogP contribution >= 0.6 is 0 Å². The molecule has 0 spiro atoms. The van der Waals surface area contributed by atoms with E-state index in [0.717, 1.165) is 37.2 Å². The number of rotatable bonds is 6. The zero-order valence-electron chi connectivity index (χ0n) is 14.2. The Balaban J connectivity index is 1.50. The first-order valence-corrected chi connectivity index (χ1v) is 8.66. The molecule has 0 atom stereocenters. The topological polar surface area (TPSA) is 61.4 Å². The molecule has 0 aliphatic carbocycles. The van der Waals surface area contributed by atoms with E-state index in [1.807, 2.05) is 59.5 Å². The first-order chi connectivity index (χ1) is 12.2. The number of benzene rings is 2. The Kier molecular flexibility index (Phi) is 5.67. The SMILES string of the molecule is O=C(CNc1cccc(C(=O)N2CCCC2)c1)NCc1ccccc1. The second-order valence-corrected chi connectivity index (χ2v) is 6.20. The Hall–Kier alpha value is -2.82. The normalized spacial score (nSPS) is 13.5. The third-order valence-electron chi connectivity index (χ3n) is 4.29. The van der Waals surface area contributed by atoms with E-state index >= 15 is 0 Å². The number of carbonyl (C=O) groups excluding carboxylic acids is 2. The molecule has 130 valence electrons. The lowest BCUT2D eigenvalue weighted by Crippen LogP contribution is -2.29. The van der Waals surface area contributed by atoms with E-state index in [9.17, 15) is 9.59 Å². The van der Waals surface area contributed by atoms with Crippen molar-refractivity contribution in [3.8, 4) is 0 Å². The zero-order chi connectivity index (χ0) is 17.5. The predicted molar refractivity (Wildman–Crippen MR) is 98.4 cm³/mol. The molecule has 1 saturated heterocycles.